The van der Waals surface area contributed by atoms with Gasteiger partial charge in [-0.15, -0.1) is 6.58 Å². The molecule has 0 saturated carbocycles. The van der Waals surface area contributed by atoms with E-state index in [1.54, 1.807) is 0 Å². The number of benzene rings is 2. The van der Waals surface area contributed by atoms with Gasteiger partial charge in [-0.2, -0.15) is 0 Å². The molecule has 1 aliphatic rings. The smallest absolute Gasteiger partial charge is 0.101 e. The maximum atomic E-state index is 11.9. The molecule has 1 fully saturated rings. The quantitative estimate of drug-likeness (QED) is 0.769. The fraction of sp³-hybridized carbons (Fsp3) is 0.391. The predicted octanol–water partition coefficient (Wildman–Crippen LogP) is 3.87. The van der Waals surface area contributed by atoms with Crippen molar-refractivity contribution in [3.05, 3.63) is 83.9 Å². The van der Waals surface area contributed by atoms with Crippen molar-refractivity contribution in [3.63, 3.8) is 0 Å². The average molecular weight is 351 g/mol. The van der Waals surface area contributed by atoms with Gasteiger partial charge in [0, 0.05) is 25.6 Å². The van der Waals surface area contributed by atoms with E-state index in [0.29, 0.717) is 6.42 Å². The molecule has 0 amide bonds. The van der Waals surface area contributed by atoms with Gasteiger partial charge in [0.05, 0.1) is 13.2 Å². The number of aryl methyl sites for hydroxylation is 1. The SMILES string of the molecule is C=CC[C@@](O)(c1ccc(C)cc1)[C@H](CN1CCOCC1)c1ccccc1. The molecule has 3 rings (SSSR count). The van der Waals surface area contributed by atoms with Gasteiger partial charge in [-0.25, -0.2) is 0 Å². The van der Waals surface area contributed by atoms with Gasteiger partial charge in [0.25, 0.3) is 0 Å². The van der Waals surface area contributed by atoms with Crippen LogP contribution < -0.4 is 0 Å². The van der Waals surface area contributed by atoms with Gasteiger partial charge in [0.1, 0.15) is 5.60 Å². The molecule has 3 nitrogen and oxygen atoms in total. The summed E-state index contributed by atoms with van der Waals surface area (Å²) >= 11 is 0. The summed E-state index contributed by atoms with van der Waals surface area (Å²) in [5, 5.41) is 11.9. The zero-order valence-electron chi connectivity index (χ0n) is 15.6. The van der Waals surface area contributed by atoms with E-state index in [0.717, 1.165) is 44.0 Å². The first-order valence-electron chi connectivity index (χ1n) is 9.39. The Morgan fingerprint density at radius 2 is 1.77 bits per heavy atom. The van der Waals surface area contributed by atoms with Gasteiger partial charge in [-0.3, -0.25) is 4.90 Å². The Bertz CT molecular complexity index is 692. The van der Waals surface area contributed by atoms with Crippen LogP contribution in [0.1, 0.15) is 29.0 Å². The van der Waals surface area contributed by atoms with Gasteiger partial charge in [0.2, 0.25) is 0 Å². The molecule has 138 valence electrons. The van der Waals surface area contributed by atoms with Gasteiger partial charge in [0.15, 0.2) is 0 Å². The fourth-order valence-corrected chi connectivity index (χ4v) is 3.78. The first-order valence-corrected chi connectivity index (χ1v) is 9.39. The summed E-state index contributed by atoms with van der Waals surface area (Å²) < 4.78 is 5.50. The van der Waals surface area contributed by atoms with Crippen LogP contribution in [0.2, 0.25) is 0 Å². The minimum absolute atomic E-state index is 0.0393. The highest BCUT2D eigenvalue weighted by atomic mass is 16.5. The second kappa shape index (κ2) is 8.63. The van der Waals surface area contributed by atoms with Crippen LogP contribution in [0.4, 0.5) is 0 Å². The second-order valence-electron chi connectivity index (χ2n) is 7.16. The summed E-state index contributed by atoms with van der Waals surface area (Å²) in [4.78, 5) is 2.39. The molecule has 2 aromatic carbocycles. The number of hydrogen-bond acceptors (Lipinski definition) is 3. The molecule has 0 aliphatic carbocycles. The van der Waals surface area contributed by atoms with Crippen molar-refractivity contribution in [1.82, 2.24) is 4.90 Å². The van der Waals surface area contributed by atoms with E-state index < -0.39 is 5.60 Å². The molecule has 1 aliphatic heterocycles. The first kappa shape index (κ1) is 18.8. The van der Waals surface area contributed by atoms with Crippen LogP contribution >= 0.6 is 0 Å². The zero-order valence-corrected chi connectivity index (χ0v) is 15.6. The first-order chi connectivity index (χ1) is 12.6. The molecular formula is C23H29NO2. The van der Waals surface area contributed by atoms with Crippen molar-refractivity contribution in [3.8, 4) is 0 Å². The predicted molar refractivity (Wildman–Crippen MR) is 106 cm³/mol. The van der Waals surface area contributed by atoms with Crippen LogP contribution in [-0.4, -0.2) is 42.9 Å². The van der Waals surface area contributed by atoms with Crippen molar-refractivity contribution in [2.75, 3.05) is 32.8 Å². The van der Waals surface area contributed by atoms with Gasteiger partial charge >= 0.3 is 0 Å². The normalized spacial score (nSPS) is 18.8. The number of hydrogen-bond donors (Lipinski definition) is 1. The van der Waals surface area contributed by atoms with E-state index in [4.69, 9.17) is 4.74 Å². The Kier molecular flexibility index (Phi) is 6.25. The molecule has 0 radical (unpaired) electrons. The number of aliphatic hydroxyl groups is 1. The average Bonchev–Trinajstić information content (AvgIpc) is 2.68. The molecule has 1 heterocycles. The highest BCUT2D eigenvalue weighted by Crippen LogP contribution is 2.41. The van der Waals surface area contributed by atoms with Crippen molar-refractivity contribution in [1.29, 1.82) is 0 Å². The molecule has 0 aromatic heterocycles. The summed E-state index contributed by atoms with van der Waals surface area (Å²) in [6, 6.07) is 18.6. The molecule has 0 unspecified atom stereocenters. The van der Waals surface area contributed by atoms with Crippen LogP contribution in [0.3, 0.4) is 0 Å². The van der Waals surface area contributed by atoms with Crippen molar-refractivity contribution >= 4 is 0 Å². The fourth-order valence-electron chi connectivity index (χ4n) is 3.78. The lowest BCUT2D eigenvalue weighted by molar-refractivity contribution is -0.0206. The largest absolute Gasteiger partial charge is 0.384 e. The third-order valence-corrected chi connectivity index (χ3v) is 5.33. The van der Waals surface area contributed by atoms with Gasteiger partial charge in [-0.05, 0) is 24.5 Å². The minimum atomic E-state index is -0.991. The summed E-state index contributed by atoms with van der Waals surface area (Å²) in [6.07, 6.45) is 2.34. The molecule has 26 heavy (non-hydrogen) atoms. The summed E-state index contributed by atoms with van der Waals surface area (Å²) in [5.41, 5.74) is 2.31. The Hall–Kier alpha value is -1.94. The topological polar surface area (TPSA) is 32.7 Å². The number of nitrogens with zero attached hydrogens (tertiary/aromatic N) is 1. The van der Waals surface area contributed by atoms with Crippen LogP contribution in [0, 0.1) is 6.92 Å². The molecule has 2 aromatic rings. The Morgan fingerprint density at radius 1 is 1.12 bits per heavy atom. The summed E-state index contributed by atoms with van der Waals surface area (Å²) in [5.74, 6) is -0.0393. The summed E-state index contributed by atoms with van der Waals surface area (Å²) in [6.45, 7) is 10.1. The van der Waals surface area contributed by atoms with E-state index in [1.807, 2.05) is 36.4 Å². The molecular weight excluding hydrogens is 322 g/mol. The van der Waals surface area contributed by atoms with E-state index in [-0.39, 0.29) is 5.92 Å². The number of ether oxygens (including phenoxy) is 1. The third-order valence-electron chi connectivity index (χ3n) is 5.33. The monoisotopic (exact) mass is 351 g/mol. The lowest BCUT2D eigenvalue weighted by atomic mass is 9.74. The zero-order chi connectivity index (χ0) is 18.4. The van der Waals surface area contributed by atoms with E-state index >= 15 is 0 Å². The molecule has 1 N–H and O–H groups in total. The van der Waals surface area contributed by atoms with E-state index in [2.05, 4.69) is 42.7 Å². The highest BCUT2D eigenvalue weighted by molar-refractivity contribution is 5.34. The maximum absolute atomic E-state index is 11.9. The number of rotatable bonds is 7. The molecule has 2 atom stereocenters. The Balaban J connectivity index is 2.00. The van der Waals surface area contributed by atoms with Gasteiger partial charge in [-0.1, -0.05) is 66.2 Å². The van der Waals surface area contributed by atoms with Crippen molar-refractivity contribution in [2.45, 2.75) is 24.9 Å². The molecule has 0 spiro atoms. The number of morpholine rings is 1. The highest BCUT2D eigenvalue weighted by Gasteiger charge is 2.39. The maximum Gasteiger partial charge on any atom is 0.101 e. The lowest BCUT2D eigenvalue weighted by Gasteiger charge is -2.40. The standard InChI is InChI=1S/C23H29NO2/c1-3-13-23(25,21-11-9-19(2)10-12-21)22(20-7-5-4-6-8-20)18-24-14-16-26-17-15-24/h3-12,22,25H,1,13-18H2,2H3/t22-,23-/m1/s1. The van der Waals surface area contributed by atoms with Crippen LogP contribution in [0.5, 0.6) is 0 Å². The molecule has 0 bridgehead atoms. The van der Waals surface area contributed by atoms with Crippen molar-refractivity contribution < 1.29 is 9.84 Å². The summed E-state index contributed by atoms with van der Waals surface area (Å²) in [7, 11) is 0. The van der Waals surface area contributed by atoms with Crippen molar-refractivity contribution in [2.24, 2.45) is 0 Å². The van der Waals surface area contributed by atoms with Crippen LogP contribution in [-0.2, 0) is 10.3 Å². The second-order valence-corrected chi connectivity index (χ2v) is 7.16. The Morgan fingerprint density at radius 3 is 2.38 bits per heavy atom. The third kappa shape index (κ3) is 4.24. The minimum Gasteiger partial charge on any atom is -0.384 e. The van der Waals surface area contributed by atoms with Crippen LogP contribution in [0.15, 0.2) is 67.3 Å². The van der Waals surface area contributed by atoms with Crippen LogP contribution in [0.25, 0.3) is 0 Å². The van der Waals surface area contributed by atoms with Gasteiger partial charge < -0.3 is 9.84 Å². The molecule has 1 saturated heterocycles. The van der Waals surface area contributed by atoms with E-state index in [1.165, 1.54) is 5.56 Å². The van der Waals surface area contributed by atoms with E-state index in [9.17, 15) is 5.11 Å². The Labute approximate surface area is 156 Å². The molecule has 3 heteroatoms. The lowest BCUT2D eigenvalue weighted by Crippen LogP contribution is -2.44.